The molecular weight excluding hydrogens is 1200 g/mol. The number of aliphatic hydroxyl groups excluding tert-OH is 1. The molecule has 0 amide bonds. The molecule has 0 aromatic rings. The van der Waals surface area contributed by atoms with Gasteiger partial charge >= 0.3 is 39.5 Å². The summed E-state index contributed by atoms with van der Waals surface area (Å²) in [6.45, 7) is 14.1. The number of carbonyl (C=O) groups is 4. The summed E-state index contributed by atoms with van der Waals surface area (Å²) in [4.78, 5) is 72.6. The number of esters is 4. The van der Waals surface area contributed by atoms with E-state index in [9.17, 15) is 43.2 Å². The van der Waals surface area contributed by atoms with Gasteiger partial charge in [0, 0.05) is 25.7 Å². The van der Waals surface area contributed by atoms with Crippen molar-refractivity contribution in [2.75, 3.05) is 39.6 Å². The van der Waals surface area contributed by atoms with Gasteiger partial charge in [-0.3, -0.25) is 37.3 Å². The second-order valence-electron chi connectivity index (χ2n) is 27.4. The number of carbonyl (C=O) groups excluding carboxylic acids is 4. The van der Waals surface area contributed by atoms with Crippen LogP contribution in [0, 0.1) is 23.7 Å². The molecule has 0 spiro atoms. The van der Waals surface area contributed by atoms with Crippen LogP contribution in [0.5, 0.6) is 0 Å². The third kappa shape index (κ3) is 63.9. The zero-order chi connectivity index (χ0) is 67.5. The van der Waals surface area contributed by atoms with Crippen molar-refractivity contribution < 1.29 is 80.2 Å². The first-order chi connectivity index (χ1) is 43.7. The molecule has 0 aromatic carbocycles. The van der Waals surface area contributed by atoms with E-state index in [-0.39, 0.29) is 25.7 Å². The van der Waals surface area contributed by atoms with Crippen LogP contribution in [-0.4, -0.2) is 96.7 Å². The molecule has 19 heteroatoms. The third-order valence-corrected chi connectivity index (χ3v) is 19.2. The van der Waals surface area contributed by atoms with Crippen LogP contribution >= 0.6 is 15.6 Å². The Labute approximate surface area is 556 Å². The Hall–Kier alpha value is -1.94. The lowest BCUT2D eigenvalue weighted by Crippen LogP contribution is -2.30. The van der Waals surface area contributed by atoms with Gasteiger partial charge in [0.2, 0.25) is 0 Å². The first-order valence-corrected chi connectivity index (χ1v) is 40.3. The number of hydrogen-bond donors (Lipinski definition) is 3. The lowest BCUT2D eigenvalue weighted by Gasteiger charge is -2.21. The van der Waals surface area contributed by atoms with Crippen molar-refractivity contribution in [3.05, 3.63) is 0 Å². The van der Waals surface area contributed by atoms with Gasteiger partial charge in [-0.25, -0.2) is 9.13 Å². The Morgan fingerprint density at radius 1 is 0.308 bits per heavy atom. The average Bonchev–Trinajstić information content (AvgIpc) is 3.65. The van der Waals surface area contributed by atoms with Crippen LogP contribution < -0.4 is 0 Å². The van der Waals surface area contributed by atoms with Crippen molar-refractivity contribution in [3.8, 4) is 0 Å². The molecule has 0 radical (unpaired) electrons. The smallest absolute Gasteiger partial charge is 0.462 e. The predicted octanol–water partition coefficient (Wildman–Crippen LogP) is 20.5. The minimum Gasteiger partial charge on any atom is -0.462 e. The number of aliphatic hydroxyl groups is 1. The molecular formula is C72H140O17P2. The maximum absolute atomic E-state index is 13.0. The van der Waals surface area contributed by atoms with Crippen LogP contribution in [-0.2, 0) is 65.4 Å². The summed E-state index contributed by atoms with van der Waals surface area (Å²) in [7, 11) is -9.91. The van der Waals surface area contributed by atoms with Crippen LogP contribution in [0.25, 0.3) is 0 Å². The van der Waals surface area contributed by atoms with Crippen LogP contribution in [0.4, 0.5) is 0 Å². The SMILES string of the molecule is CCC(C)CCCCCCCCCCC(=O)O[C@H](COC(=O)CCCCCCCCC(C)CC)COP(=O)(O)OC[C@H](O)COP(=O)(O)OC[C@@H](COC(=O)CCCCCCCCCCCC(C)C)OC(=O)CCCCCCCCCCCCCCCCC(C)C. The highest BCUT2D eigenvalue weighted by Crippen LogP contribution is 2.45. The number of ether oxygens (including phenoxy) is 4. The standard InChI is InChI=1S/C72H140O17P2/c1-9-64(7)50-42-34-26-22-23-29-39-47-55-72(77)89-68(59-83-70(75)53-45-37-31-30-35-43-51-65(8)10-2)61-87-91(80,81)85-57-66(73)56-84-90(78,79)86-60-67(58-82-69(74)52-44-36-27-21-17-19-25-33-41-49-63(5)6)88-71(76)54-46-38-28-20-16-14-12-11-13-15-18-24-32-40-48-62(3)4/h62-68,73H,9-61H2,1-8H3,(H,78,79)(H,80,81)/t64?,65?,66-,67-,68-/m1/s1. The first kappa shape index (κ1) is 89.1. The van der Waals surface area contributed by atoms with Gasteiger partial charge in [0.1, 0.15) is 19.3 Å². The fraction of sp³-hybridized carbons (Fsp3) is 0.944. The average molecular weight is 1340 g/mol. The quantitative estimate of drug-likeness (QED) is 0.0222. The molecule has 0 aliphatic heterocycles. The Balaban J connectivity index is 5.26. The molecule has 0 fully saturated rings. The Morgan fingerprint density at radius 2 is 0.527 bits per heavy atom. The molecule has 0 saturated carbocycles. The molecule has 540 valence electrons. The van der Waals surface area contributed by atoms with E-state index in [1.54, 1.807) is 0 Å². The zero-order valence-electron chi connectivity index (χ0n) is 59.5. The number of rotatable bonds is 69. The molecule has 0 aliphatic carbocycles. The van der Waals surface area contributed by atoms with E-state index in [1.165, 1.54) is 154 Å². The molecule has 0 saturated heterocycles. The molecule has 0 aromatic heterocycles. The molecule has 4 unspecified atom stereocenters. The van der Waals surface area contributed by atoms with Gasteiger partial charge in [-0.05, 0) is 49.4 Å². The number of hydrogen-bond acceptors (Lipinski definition) is 15. The summed E-state index contributed by atoms with van der Waals surface area (Å²) in [5, 5.41) is 10.6. The van der Waals surface area contributed by atoms with Crippen LogP contribution in [0.2, 0.25) is 0 Å². The van der Waals surface area contributed by atoms with E-state index < -0.39 is 97.5 Å². The third-order valence-electron chi connectivity index (χ3n) is 17.3. The van der Waals surface area contributed by atoms with E-state index in [2.05, 4.69) is 55.4 Å². The van der Waals surface area contributed by atoms with E-state index in [0.29, 0.717) is 25.7 Å². The van der Waals surface area contributed by atoms with Gasteiger partial charge in [-0.2, -0.15) is 0 Å². The molecule has 3 N–H and O–H groups in total. The normalized spacial score (nSPS) is 14.8. The van der Waals surface area contributed by atoms with Crippen molar-refractivity contribution in [2.45, 2.75) is 375 Å². The fourth-order valence-electron chi connectivity index (χ4n) is 10.8. The highest BCUT2D eigenvalue weighted by molar-refractivity contribution is 7.47. The molecule has 0 bridgehead atoms. The molecule has 91 heavy (non-hydrogen) atoms. The van der Waals surface area contributed by atoms with Crippen molar-refractivity contribution >= 4 is 39.5 Å². The second-order valence-corrected chi connectivity index (χ2v) is 30.3. The Morgan fingerprint density at radius 3 is 0.780 bits per heavy atom. The van der Waals surface area contributed by atoms with Gasteiger partial charge < -0.3 is 33.8 Å². The van der Waals surface area contributed by atoms with Gasteiger partial charge in [0.05, 0.1) is 26.4 Å². The fourth-order valence-corrected chi connectivity index (χ4v) is 12.4. The maximum atomic E-state index is 13.0. The topological polar surface area (TPSA) is 237 Å². The van der Waals surface area contributed by atoms with Gasteiger partial charge in [0.25, 0.3) is 0 Å². The first-order valence-electron chi connectivity index (χ1n) is 37.3. The summed E-state index contributed by atoms with van der Waals surface area (Å²) in [6.07, 6.45) is 44.4. The summed E-state index contributed by atoms with van der Waals surface area (Å²) in [6, 6.07) is 0. The largest absolute Gasteiger partial charge is 0.472 e. The summed E-state index contributed by atoms with van der Waals surface area (Å²) in [5.41, 5.74) is 0. The highest BCUT2D eigenvalue weighted by Gasteiger charge is 2.30. The minimum absolute atomic E-state index is 0.104. The molecule has 0 heterocycles. The second kappa shape index (κ2) is 61.6. The van der Waals surface area contributed by atoms with Gasteiger partial charge in [0.15, 0.2) is 12.2 Å². The molecule has 0 aliphatic rings. The predicted molar refractivity (Wildman–Crippen MR) is 367 cm³/mol. The van der Waals surface area contributed by atoms with E-state index in [4.69, 9.17) is 37.0 Å². The van der Waals surface area contributed by atoms with Crippen molar-refractivity contribution in [1.29, 1.82) is 0 Å². The van der Waals surface area contributed by atoms with Gasteiger partial charge in [-0.15, -0.1) is 0 Å². The maximum Gasteiger partial charge on any atom is 0.472 e. The lowest BCUT2D eigenvalue weighted by molar-refractivity contribution is -0.161. The Bertz CT molecular complexity index is 1800. The number of phosphoric ester groups is 2. The van der Waals surface area contributed by atoms with E-state index in [0.717, 1.165) is 120 Å². The van der Waals surface area contributed by atoms with Crippen molar-refractivity contribution in [3.63, 3.8) is 0 Å². The molecule has 17 nitrogen and oxygen atoms in total. The zero-order valence-corrected chi connectivity index (χ0v) is 61.3. The van der Waals surface area contributed by atoms with Crippen molar-refractivity contribution in [2.24, 2.45) is 23.7 Å². The van der Waals surface area contributed by atoms with Crippen molar-refractivity contribution in [1.82, 2.24) is 0 Å². The lowest BCUT2D eigenvalue weighted by atomic mass is 9.99. The molecule has 7 atom stereocenters. The van der Waals surface area contributed by atoms with Crippen LogP contribution in [0.1, 0.15) is 357 Å². The number of unbranched alkanes of at least 4 members (excludes halogenated alkanes) is 33. The number of phosphoric acid groups is 2. The van der Waals surface area contributed by atoms with Crippen LogP contribution in [0.15, 0.2) is 0 Å². The van der Waals surface area contributed by atoms with E-state index in [1.807, 2.05) is 0 Å². The summed E-state index contributed by atoms with van der Waals surface area (Å²) >= 11 is 0. The molecule has 0 rings (SSSR count). The summed E-state index contributed by atoms with van der Waals surface area (Å²) < 4.78 is 68.4. The van der Waals surface area contributed by atoms with E-state index >= 15 is 0 Å². The van der Waals surface area contributed by atoms with Crippen LogP contribution in [0.3, 0.4) is 0 Å². The Kier molecular flexibility index (Phi) is 60.3. The summed E-state index contributed by atoms with van der Waals surface area (Å²) in [5.74, 6) is 0.911. The minimum atomic E-state index is -4.95. The highest BCUT2D eigenvalue weighted by atomic mass is 31.2. The van der Waals surface area contributed by atoms with Gasteiger partial charge in [-0.1, -0.05) is 306 Å². The monoisotopic (exact) mass is 1340 g/mol.